The molecule has 5 heteroatoms. The highest BCUT2D eigenvalue weighted by Gasteiger charge is 2.07. The molecule has 2 amide bonds. The van der Waals surface area contributed by atoms with E-state index in [1.54, 1.807) is 30.5 Å². The Balaban J connectivity index is 1.93. The Kier molecular flexibility index (Phi) is 6.67. The number of hydrazone groups is 1. The molecule has 0 atom stereocenters. The number of hydrogen-bond acceptors (Lipinski definition) is 3. The molecule has 0 heterocycles. The zero-order chi connectivity index (χ0) is 19.1. The van der Waals surface area contributed by atoms with Crippen LogP contribution in [0.5, 0.6) is 0 Å². The predicted molar refractivity (Wildman–Crippen MR) is 106 cm³/mol. The molecule has 26 heavy (non-hydrogen) atoms. The van der Waals surface area contributed by atoms with E-state index in [0.29, 0.717) is 23.6 Å². The van der Waals surface area contributed by atoms with Crippen molar-refractivity contribution in [1.29, 1.82) is 0 Å². The van der Waals surface area contributed by atoms with Crippen LogP contribution in [0.25, 0.3) is 0 Å². The fourth-order valence-corrected chi connectivity index (χ4v) is 2.48. The molecule has 2 aromatic carbocycles. The molecule has 0 fully saturated rings. The molecule has 2 aromatic rings. The van der Waals surface area contributed by atoms with Crippen molar-refractivity contribution in [3.05, 3.63) is 64.7 Å². The molecule has 0 saturated carbocycles. The van der Waals surface area contributed by atoms with Gasteiger partial charge in [-0.3, -0.25) is 9.59 Å². The van der Waals surface area contributed by atoms with Gasteiger partial charge in [0, 0.05) is 17.7 Å². The van der Waals surface area contributed by atoms with Crippen molar-refractivity contribution in [1.82, 2.24) is 5.43 Å². The summed E-state index contributed by atoms with van der Waals surface area (Å²) in [7, 11) is 0. The quantitative estimate of drug-likeness (QED) is 0.609. The molecule has 0 aromatic heterocycles. The normalized spacial score (nSPS) is 11.0. The van der Waals surface area contributed by atoms with Gasteiger partial charge in [0.15, 0.2) is 0 Å². The van der Waals surface area contributed by atoms with E-state index in [-0.39, 0.29) is 11.8 Å². The third kappa shape index (κ3) is 5.84. The van der Waals surface area contributed by atoms with E-state index in [1.165, 1.54) is 5.56 Å². The summed E-state index contributed by atoms with van der Waals surface area (Å²) < 4.78 is 0. The summed E-state index contributed by atoms with van der Waals surface area (Å²) in [4.78, 5) is 23.9. The van der Waals surface area contributed by atoms with E-state index in [1.807, 2.05) is 39.8 Å². The summed E-state index contributed by atoms with van der Waals surface area (Å²) in [5.41, 5.74) is 6.91. The van der Waals surface area contributed by atoms with Crippen LogP contribution in [0.3, 0.4) is 0 Å². The Morgan fingerprint density at radius 2 is 1.77 bits per heavy atom. The van der Waals surface area contributed by atoms with Gasteiger partial charge in [0.05, 0.1) is 6.21 Å². The average molecular weight is 351 g/mol. The smallest absolute Gasteiger partial charge is 0.271 e. The summed E-state index contributed by atoms with van der Waals surface area (Å²) in [6.07, 6.45) is 2.10. The molecule has 0 saturated heterocycles. The van der Waals surface area contributed by atoms with Gasteiger partial charge in [-0.2, -0.15) is 5.10 Å². The van der Waals surface area contributed by atoms with E-state index >= 15 is 0 Å². The first-order valence-electron chi connectivity index (χ1n) is 8.65. The van der Waals surface area contributed by atoms with Crippen molar-refractivity contribution in [3.8, 4) is 0 Å². The number of anilines is 1. The summed E-state index contributed by atoms with van der Waals surface area (Å²) in [6, 6.07) is 12.8. The van der Waals surface area contributed by atoms with Gasteiger partial charge in [-0.25, -0.2) is 5.43 Å². The van der Waals surface area contributed by atoms with E-state index < -0.39 is 0 Å². The van der Waals surface area contributed by atoms with Gasteiger partial charge in [0.25, 0.3) is 5.91 Å². The SMILES string of the molecule is Cc1ccc(/C=N/NC(=O)c2ccc(NC(=O)CC(C)C)cc2)c(C)c1. The first-order valence-corrected chi connectivity index (χ1v) is 8.65. The second kappa shape index (κ2) is 8.94. The first kappa shape index (κ1) is 19.4. The van der Waals surface area contributed by atoms with Gasteiger partial charge in [-0.05, 0) is 55.2 Å². The summed E-state index contributed by atoms with van der Waals surface area (Å²) >= 11 is 0. The predicted octanol–water partition coefficient (Wildman–Crippen LogP) is 4.05. The van der Waals surface area contributed by atoms with Crippen LogP contribution in [0, 0.1) is 19.8 Å². The molecule has 136 valence electrons. The van der Waals surface area contributed by atoms with Crippen LogP contribution in [0.15, 0.2) is 47.6 Å². The molecule has 2 rings (SSSR count). The van der Waals surface area contributed by atoms with E-state index in [9.17, 15) is 9.59 Å². The average Bonchev–Trinajstić information content (AvgIpc) is 2.56. The van der Waals surface area contributed by atoms with E-state index in [4.69, 9.17) is 0 Å². The molecule has 0 aliphatic rings. The minimum Gasteiger partial charge on any atom is -0.326 e. The molecular weight excluding hydrogens is 326 g/mol. The fourth-order valence-electron chi connectivity index (χ4n) is 2.48. The standard InChI is InChI=1S/C21H25N3O2/c1-14(2)11-20(25)23-19-9-7-17(8-10-19)21(26)24-22-13-18-6-5-15(3)12-16(18)4/h5-10,12-14H,11H2,1-4H3,(H,23,25)(H,24,26)/b22-13+. The molecule has 0 spiro atoms. The minimum atomic E-state index is -0.300. The number of rotatable bonds is 6. The van der Waals surface area contributed by atoms with Crippen molar-refractivity contribution in [2.45, 2.75) is 34.1 Å². The second-order valence-electron chi connectivity index (χ2n) is 6.78. The highest BCUT2D eigenvalue weighted by Crippen LogP contribution is 2.11. The van der Waals surface area contributed by atoms with Gasteiger partial charge in [-0.15, -0.1) is 0 Å². The van der Waals surface area contributed by atoms with Crippen molar-refractivity contribution in [3.63, 3.8) is 0 Å². The molecule has 0 radical (unpaired) electrons. The zero-order valence-electron chi connectivity index (χ0n) is 15.7. The third-order valence-corrected chi connectivity index (χ3v) is 3.82. The number of carbonyl (C=O) groups excluding carboxylic acids is 2. The van der Waals surface area contributed by atoms with E-state index in [2.05, 4.69) is 21.9 Å². The molecule has 0 aliphatic carbocycles. The second-order valence-corrected chi connectivity index (χ2v) is 6.78. The van der Waals surface area contributed by atoms with Crippen molar-refractivity contribution < 1.29 is 9.59 Å². The van der Waals surface area contributed by atoms with Crippen molar-refractivity contribution >= 4 is 23.7 Å². The van der Waals surface area contributed by atoms with Crippen molar-refractivity contribution in [2.24, 2.45) is 11.0 Å². The Morgan fingerprint density at radius 3 is 2.38 bits per heavy atom. The van der Waals surface area contributed by atoms with Crippen LogP contribution in [-0.2, 0) is 4.79 Å². The van der Waals surface area contributed by atoms with Gasteiger partial charge >= 0.3 is 0 Å². The lowest BCUT2D eigenvalue weighted by molar-refractivity contribution is -0.116. The number of carbonyl (C=O) groups is 2. The topological polar surface area (TPSA) is 70.6 Å². The van der Waals surface area contributed by atoms with Gasteiger partial charge in [0.1, 0.15) is 0 Å². The number of hydrogen-bond donors (Lipinski definition) is 2. The summed E-state index contributed by atoms with van der Waals surface area (Å²) in [5, 5.41) is 6.83. The lowest BCUT2D eigenvalue weighted by atomic mass is 10.1. The number of amides is 2. The van der Waals surface area contributed by atoms with Gasteiger partial charge < -0.3 is 5.32 Å². The van der Waals surface area contributed by atoms with Crippen molar-refractivity contribution in [2.75, 3.05) is 5.32 Å². The number of nitrogens with one attached hydrogen (secondary N) is 2. The van der Waals surface area contributed by atoms with E-state index in [0.717, 1.165) is 11.1 Å². The number of benzene rings is 2. The summed E-state index contributed by atoms with van der Waals surface area (Å²) in [6.45, 7) is 8.02. The molecule has 0 bridgehead atoms. The molecule has 5 nitrogen and oxygen atoms in total. The third-order valence-electron chi connectivity index (χ3n) is 3.82. The monoisotopic (exact) mass is 351 g/mol. The lowest BCUT2D eigenvalue weighted by Crippen LogP contribution is -2.18. The molecular formula is C21H25N3O2. The minimum absolute atomic E-state index is 0.0322. The van der Waals surface area contributed by atoms with Crippen LogP contribution < -0.4 is 10.7 Å². The van der Waals surface area contributed by atoms with Crippen LogP contribution >= 0.6 is 0 Å². The highest BCUT2D eigenvalue weighted by molar-refractivity contribution is 5.96. The Labute approximate surface area is 154 Å². The largest absolute Gasteiger partial charge is 0.326 e. The van der Waals surface area contributed by atoms with Crippen LogP contribution in [0.1, 0.15) is 47.3 Å². The molecule has 2 N–H and O–H groups in total. The maximum absolute atomic E-state index is 12.1. The van der Waals surface area contributed by atoms with Crippen LogP contribution in [0.4, 0.5) is 5.69 Å². The molecule has 0 unspecified atom stereocenters. The Bertz CT molecular complexity index is 809. The lowest BCUT2D eigenvalue weighted by Gasteiger charge is -2.07. The Morgan fingerprint density at radius 1 is 1.08 bits per heavy atom. The number of nitrogens with zero attached hydrogens (tertiary/aromatic N) is 1. The van der Waals surface area contributed by atoms with Gasteiger partial charge in [0.2, 0.25) is 5.91 Å². The zero-order valence-corrected chi connectivity index (χ0v) is 15.7. The highest BCUT2D eigenvalue weighted by atomic mass is 16.2. The Hall–Kier alpha value is -2.95. The maximum atomic E-state index is 12.1. The van der Waals surface area contributed by atoms with Crippen LogP contribution in [-0.4, -0.2) is 18.0 Å². The summed E-state index contributed by atoms with van der Waals surface area (Å²) in [5.74, 6) is -0.0311. The first-order chi connectivity index (χ1) is 12.3. The number of aryl methyl sites for hydroxylation is 2. The molecule has 0 aliphatic heterocycles. The van der Waals surface area contributed by atoms with Gasteiger partial charge in [-0.1, -0.05) is 37.6 Å². The fraction of sp³-hybridized carbons (Fsp3) is 0.286. The van der Waals surface area contributed by atoms with Crippen LogP contribution in [0.2, 0.25) is 0 Å². The maximum Gasteiger partial charge on any atom is 0.271 e.